The highest BCUT2D eigenvalue weighted by Gasteiger charge is 2.58. The highest BCUT2D eigenvalue weighted by Crippen LogP contribution is 2.56. The molecule has 8 nitrogen and oxygen atoms in total. The summed E-state index contributed by atoms with van der Waals surface area (Å²) in [6.45, 7) is 5.09. The van der Waals surface area contributed by atoms with Crippen molar-refractivity contribution in [1.29, 1.82) is 0 Å². The Bertz CT molecular complexity index is 1200. The number of carboxylic acid groups (broad SMARTS) is 2. The largest absolute Gasteiger partial charge is 0.481 e. The quantitative estimate of drug-likeness (QED) is 0.381. The number of hydrogen-bond donors (Lipinski definition) is 4. The first-order valence-corrected chi connectivity index (χ1v) is 12.1. The molecule has 36 heavy (non-hydrogen) atoms. The van der Waals surface area contributed by atoms with Crippen LogP contribution < -0.4 is 10.6 Å². The summed E-state index contributed by atoms with van der Waals surface area (Å²) in [4.78, 5) is 49.2. The molecule has 2 aromatic carbocycles. The van der Waals surface area contributed by atoms with Crippen molar-refractivity contribution in [3.8, 4) is 0 Å². The highest BCUT2D eigenvalue weighted by atomic mass is 35.5. The number of aliphatic carboxylic acids is 2. The molecule has 2 aromatic rings. The first kappa shape index (κ1) is 27.5. The fraction of sp³-hybridized carbons (Fsp3) is 0.385. The molecule has 0 aromatic heterocycles. The Morgan fingerprint density at radius 1 is 1.03 bits per heavy atom. The molecular formula is C26H28Cl2N2O6. The topological polar surface area (TPSA) is 133 Å². The summed E-state index contributed by atoms with van der Waals surface area (Å²) in [5, 5.41) is 25.3. The average molecular weight is 535 g/mol. The molecule has 10 heteroatoms. The summed E-state index contributed by atoms with van der Waals surface area (Å²) >= 11 is 12.0. The number of carbonyl (C=O) groups is 4. The third-order valence-electron chi connectivity index (χ3n) is 7.45. The summed E-state index contributed by atoms with van der Waals surface area (Å²) in [5.41, 5.74) is -0.615. The summed E-state index contributed by atoms with van der Waals surface area (Å²) in [7, 11) is 0. The number of halogens is 2. The molecule has 3 atom stereocenters. The fourth-order valence-electron chi connectivity index (χ4n) is 4.64. The lowest BCUT2D eigenvalue weighted by Crippen LogP contribution is -2.49. The summed E-state index contributed by atoms with van der Waals surface area (Å²) in [6, 6.07) is 9.89. The molecule has 0 radical (unpaired) electrons. The van der Waals surface area contributed by atoms with Gasteiger partial charge in [0, 0.05) is 23.0 Å². The molecule has 2 unspecified atom stereocenters. The Kier molecular flexibility index (Phi) is 8.00. The fourth-order valence-corrected chi connectivity index (χ4v) is 5.02. The second kappa shape index (κ2) is 10.5. The van der Waals surface area contributed by atoms with Crippen molar-refractivity contribution in [2.45, 2.75) is 46.1 Å². The molecule has 192 valence electrons. The van der Waals surface area contributed by atoms with E-state index in [0.29, 0.717) is 29.1 Å². The zero-order chi connectivity index (χ0) is 26.8. The molecule has 1 fully saturated rings. The molecule has 3 rings (SSSR count). The van der Waals surface area contributed by atoms with Crippen LogP contribution in [0, 0.1) is 16.7 Å². The molecule has 4 N–H and O–H groups in total. The van der Waals surface area contributed by atoms with Gasteiger partial charge in [-0.2, -0.15) is 0 Å². The Morgan fingerprint density at radius 2 is 1.67 bits per heavy atom. The molecule has 1 aliphatic carbocycles. The third kappa shape index (κ3) is 5.50. The van der Waals surface area contributed by atoms with Crippen LogP contribution in [-0.2, 0) is 20.8 Å². The van der Waals surface area contributed by atoms with Gasteiger partial charge in [0.05, 0.1) is 16.0 Å². The van der Waals surface area contributed by atoms with Crippen molar-refractivity contribution >= 4 is 52.6 Å². The zero-order valence-electron chi connectivity index (χ0n) is 20.1. The maximum atomic E-state index is 13.0. The number of nitrogens with one attached hydrogen (secondary N) is 2. The minimum absolute atomic E-state index is 0.0127. The standard InChI is InChI=1S/C26H28Cl2N2O6/c1-25(2)18(10-11-26(25,3)24(35)36)22(32)30-20(23(33)34)12-14-4-7-16(8-5-14)29-21(31)17-13-15(27)6-9-19(17)28/h4-9,13,18,20H,10-12H2,1-3H3,(H,29,31)(H,30,32)(H,33,34)(H,35,36)/t18?,20-,26?/m0/s1. The van der Waals surface area contributed by atoms with E-state index in [-0.39, 0.29) is 17.0 Å². The van der Waals surface area contributed by atoms with E-state index >= 15 is 0 Å². The lowest BCUT2D eigenvalue weighted by atomic mass is 9.65. The average Bonchev–Trinajstić information content (AvgIpc) is 3.05. The molecule has 0 bridgehead atoms. The van der Waals surface area contributed by atoms with Gasteiger partial charge in [-0.05, 0) is 61.1 Å². The molecule has 2 amide bonds. The third-order valence-corrected chi connectivity index (χ3v) is 8.02. The Labute approximate surface area is 219 Å². The molecule has 0 spiro atoms. The van der Waals surface area contributed by atoms with E-state index in [4.69, 9.17) is 23.2 Å². The van der Waals surface area contributed by atoms with Crippen LogP contribution in [0.2, 0.25) is 10.0 Å². The van der Waals surface area contributed by atoms with Gasteiger partial charge in [-0.15, -0.1) is 0 Å². The summed E-state index contributed by atoms with van der Waals surface area (Å²) in [5.74, 6) is -3.72. The van der Waals surface area contributed by atoms with Crippen molar-refractivity contribution in [2.75, 3.05) is 5.32 Å². The van der Waals surface area contributed by atoms with E-state index < -0.39 is 46.5 Å². The van der Waals surface area contributed by atoms with E-state index in [1.54, 1.807) is 51.1 Å². The molecule has 1 aliphatic rings. The normalized spacial score (nSPS) is 21.4. The van der Waals surface area contributed by atoms with E-state index in [2.05, 4.69) is 10.6 Å². The number of carboxylic acids is 2. The van der Waals surface area contributed by atoms with Crippen LogP contribution in [0.3, 0.4) is 0 Å². The molecule has 0 saturated heterocycles. The van der Waals surface area contributed by atoms with Crippen molar-refractivity contribution in [2.24, 2.45) is 16.7 Å². The number of carbonyl (C=O) groups excluding carboxylic acids is 2. The Morgan fingerprint density at radius 3 is 2.22 bits per heavy atom. The van der Waals surface area contributed by atoms with Gasteiger partial charge in [0.2, 0.25) is 5.91 Å². The van der Waals surface area contributed by atoms with Gasteiger partial charge in [-0.1, -0.05) is 49.2 Å². The number of hydrogen-bond acceptors (Lipinski definition) is 4. The monoisotopic (exact) mass is 534 g/mol. The molecular weight excluding hydrogens is 507 g/mol. The van der Waals surface area contributed by atoms with Crippen LogP contribution in [0.5, 0.6) is 0 Å². The van der Waals surface area contributed by atoms with Gasteiger partial charge in [0.15, 0.2) is 0 Å². The first-order chi connectivity index (χ1) is 16.8. The van der Waals surface area contributed by atoms with E-state index in [1.807, 2.05) is 0 Å². The lowest BCUT2D eigenvalue weighted by molar-refractivity contribution is -0.155. The second-order valence-corrected chi connectivity index (χ2v) is 10.7. The smallest absolute Gasteiger partial charge is 0.326 e. The SMILES string of the molecule is CC1(C(=O)O)CCC(C(=O)N[C@@H](Cc2ccc(NC(=O)c3cc(Cl)ccc3Cl)cc2)C(=O)O)C1(C)C. The van der Waals surface area contributed by atoms with Crippen LogP contribution in [0.15, 0.2) is 42.5 Å². The summed E-state index contributed by atoms with van der Waals surface area (Å²) < 4.78 is 0. The molecule has 0 aliphatic heterocycles. The van der Waals surface area contributed by atoms with E-state index in [9.17, 15) is 29.4 Å². The second-order valence-electron chi connectivity index (χ2n) is 9.83. The van der Waals surface area contributed by atoms with Crippen molar-refractivity contribution in [1.82, 2.24) is 5.32 Å². The lowest BCUT2D eigenvalue weighted by Gasteiger charge is -2.38. The minimum atomic E-state index is -1.20. The van der Waals surface area contributed by atoms with Crippen LogP contribution in [0.1, 0.15) is 49.5 Å². The first-order valence-electron chi connectivity index (χ1n) is 11.4. The minimum Gasteiger partial charge on any atom is -0.481 e. The predicted molar refractivity (Wildman–Crippen MR) is 136 cm³/mol. The van der Waals surface area contributed by atoms with Gasteiger partial charge < -0.3 is 20.8 Å². The van der Waals surface area contributed by atoms with E-state index in [0.717, 1.165) is 0 Å². The van der Waals surface area contributed by atoms with Crippen LogP contribution in [0.25, 0.3) is 0 Å². The number of rotatable bonds is 8. The highest BCUT2D eigenvalue weighted by molar-refractivity contribution is 6.36. The number of anilines is 1. The molecule has 0 heterocycles. The van der Waals surface area contributed by atoms with Gasteiger partial charge in [0.25, 0.3) is 5.91 Å². The maximum absolute atomic E-state index is 13.0. The van der Waals surface area contributed by atoms with Gasteiger partial charge in [-0.3, -0.25) is 14.4 Å². The van der Waals surface area contributed by atoms with Crippen LogP contribution in [0.4, 0.5) is 5.69 Å². The Hall–Kier alpha value is -3.10. The molecule has 1 saturated carbocycles. The van der Waals surface area contributed by atoms with Crippen molar-refractivity contribution < 1.29 is 29.4 Å². The van der Waals surface area contributed by atoms with Crippen LogP contribution in [-0.4, -0.2) is 40.0 Å². The van der Waals surface area contributed by atoms with Crippen molar-refractivity contribution in [3.05, 3.63) is 63.6 Å². The number of amides is 2. The number of benzene rings is 2. The Balaban J connectivity index is 1.67. The van der Waals surface area contributed by atoms with E-state index in [1.165, 1.54) is 12.1 Å². The maximum Gasteiger partial charge on any atom is 0.326 e. The summed E-state index contributed by atoms with van der Waals surface area (Å²) in [6.07, 6.45) is 0.705. The zero-order valence-corrected chi connectivity index (χ0v) is 21.6. The van der Waals surface area contributed by atoms with Gasteiger partial charge >= 0.3 is 11.9 Å². The van der Waals surface area contributed by atoms with Gasteiger partial charge in [0.1, 0.15) is 6.04 Å². The van der Waals surface area contributed by atoms with Crippen LogP contribution >= 0.6 is 23.2 Å². The van der Waals surface area contributed by atoms with Gasteiger partial charge in [-0.25, -0.2) is 4.79 Å². The predicted octanol–water partition coefficient (Wildman–Crippen LogP) is 4.88. The van der Waals surface area contributed by atoms with Crippen molar-refractivity contribution in [3.63, 3.8) is 0 Å².